The minimum atomic E-state index is 0.132. The number of nitrogens with one attached hydrogen (secondary N) is 1. The van der Waals surface area contributed by atoms with Crippen LogP contribution in [0.1, 0.15) is 42.3 Å². The summed E-state index contributed by atoms with van der Waals surface area (Å²) in [4.78, 5) is 13.1. The maximum absolute atomic E-state index is 11.8. The second kappa shape index (κ2) is 6.85. The molecule has 0 atom stereocenters. The van der Waals surface area contributed by atoms with Crippen molar-refractivity contribution in [3.05, 3.63) is 34.5 Å². The second-order valence-electron chi connectivity index (χ2n) is 5.44. The van der Waals surface area contributed by atoms with Gasteiger partial charge in [-0.05, 0) is 37.1 Å². The van der Waals surface area contributed by atoms with Crippen molar-refractivity contribution in [3.8, 4) is 0 Å². The number of carbonyl (C=O) groups excluding carboxylic acids is 1. The van der Waals surface area contributed by atoms with Crippen LogP contribution < -0.4 is 5.32 Å². The summed E-state index contributed by atoms with van der Waals surface area (Å²) in [6.45, 7) is 1.41. The monoisotopic (exact) mass is 304 g/mol. The average Bonchev–Trinajstić information content (AvgIpc) is 3.00. The lowest BCUT2D eigenvalue weighted by molar-refractivity contribution is -0.121. The molecule has 0 aliphatic heterocycles. The fourth-order valence-electron chi connectivity index (χ4n) is 2.38. The summed E-state index contributed by atoms with van der Waals surface area (Å²) in [5, 5.41) is 13.2. The van der Waals surface area contributed by atoms with Crippen LogP contribution in [0.3, 0.4) is 0 Å². The van der Waals surface area contributed by atoms with Crippen molar-refractivity contribution in [2.45, 2.75) is 44.6 Å². The molecule has 3 rings (SSSR count). The highest BCUT2D eigenvalue weighted by atomic mass is 32.1. The van der Waals surface area contributed by atoms with Gasteiger partial charge in [-0.15, -0.1) is 21.5 Å². The van der Waals surface area contributed by atoms with Crippen LogP contribution in [0.2, 0.25) is 0 Å². The average molecular weight is 304 g/mol. The molecule has 112 valence electrons. The predicted octanol–water partition coefficient (Wildman–Crippen LogP) is 2.36. The van der Waals surface area contributed by atoms with Gasteiger partial charge in [-0.2, -0.15) is 0 Å². The summed E-state index contributed by atoms with van der Waals surface area (Å²) in [6, 6.07) is 4.17. The van der Waals surface area contributed by atoms with E-state index in [9.17, 15) is 4.79 Å². The van der Waals surface area contributed by atoms with Gasteiger partial charge >= 0.3 is 0 Å². The van der Waals surface area contributed by atoms with E-state index in [1.165, 1.54) is 17.7 Å². The molecule has 0 bridgehead atoms. The van der Waals surface area contributed by atoms with Gasteiger partial charge in [-0.3, -0.25) is 4.79 Å². The molecule has 21 heavy (non-hydrogen) atoms. The third-order valence-electron chi connectivity index (χ3n) is 3.67. The molecule has 0 radical (unpaired) electrons. The molecule has 6 heteroatoms. The van der Waals surface area contributed by atoms with Crippen molar-refractivity contribution >= 4 is 17.2 Å². The zero-order valence-corrected chi connectivity index (χ0v) is 12.8. The quantitative estimate of drug-likeness (QED) is 0.814. The van der Waals surface area contributed by atoms with Crippen molar-refractivity contribution in [1.29, 1.82) is 0 Å². The maximum Gasteiger partial charge on any atom is 0.220 e. The van der Waals surface area contributed by atoms with Crippen molar-refractivity contribution in [3.63, 3.8) is 0 Å². The van der Waals surface area contributed by atoms with Crippen molar-refractivity contribution < 1.29 is 4.79 Å². The summed E-state index contributed by atoms with van der Waals surface area (Å²) in [6.07, 6.45) is 6.68. The third kappa shape index (κ3) is 4.14. The van der Waals surface area contributed by atoms with Crippen LogP contribution in [-0.4, -0.2) is 27.2 Å². The Labute approximate surface area is 128 Å². The molecule has 1 N–H and O–H groups in total. The van der Waals surface area contributed by atoms with E-state index in [2.05, 4.69) is 37.6 Å². The van der Waals surface area contributed by atoms with Gasteiger partial charge in [0.15, 0.2) is 0 Å². The first-order valence-corrected chi connectivity index (χ1v) is 8.37. The summed E-state index contributed by atoms with van der Waals surface area (Å²) in [5.41, 5.74) is 0. The number of hydrogen-bond donors (Lipinski definition) is 1. The van der Waals surface area contributed by atoms with Crippen LogP contribution >= 0.6 is 11.3 Å². The highest BCUT2D eigenvalue weighted by Crippen LogP contribution is 2.38. The van der Waals surface area contributed by atoms with Gasteiger partial charge in [0.2, 0.25) is 5.91 Å². The molecule has 1 fully saturated rings. The molecule has 0 aromatic carbocycles. The normalized spacial score (nSPS) is 14.3. The van der Waals surface area contributed by atoms with Crippen LogP contribution in [0.25, 0.3) is 0 Å². The van der Waals surface area contributed by atoms with Gasteiger partial charge in [0.05, 0.1) is 0 Å². The molecular weight excluding hydrogens is 284 g/mol. The first kappa shape index (κ1) is 14.3. The Morgan fingerprint density at radius 3 is 3.14 bits per heavy atom. The lowest BCUT2D eigenvalue weighted by Crippen LogP contribution is -2.27. The topological polar surface area (TPSA) is 59.8 Å². The molecule has 1 aliphatic rings. The van der Waals surface area contributed by atoms with E-state index in [0.717, 1.165) is 25.2 Å². The van der Waals surface area contributed by atoms with Gasteiger partial charge in [-0.1, -0.05) is 6.07 Å². The lowest BCUT2D eigenvalue weighted by atomic mass is 10.2. The molecule has 0 saturated heterocycles. The Morgan fingerprint density at radius 1 is 1.48 bits per heavy atom. The summed E-state index contributed by atoms with van der Waals surface area (Å²) in [5.74, 6) is 1.79. The maximum atomic E-state index is 11.8. The van der Waals surface area contributed by atoms with E-state index in [1.54, 1.807) is 17.7 Å². The van der Waals surface area contributed by atoms with Crippen LogP contribution in [0, 0.1) is 0 Å². The highest BCUT2D eigenvalue weighted by Gasteiger charge is 2.28. The van der Waals surface area contributed by atoms with E-state index in [1.807, 2.05) is 0 Å². The van der Waals surface area contributed by atoms with Gasteiger partial charge < -0.3 is 9.88 Å². The number of carbonyl (C=O) groups is 1. The first-order valence-electron chi connectivity index (χ1n) is 7.49. The van der Waals surface area contributed by atoms with Crippen LogP contribution in [-0.2, 0) is 17.8 Å². The van der Waals surface area contributed by atoms with Gasteiger partial charge in [0.25, 0.3) is 0 Å². The number of aromatic nitrogens is 3. The third-order valence-corrected chi connectivity index (χ3v) is 4.61. The molecule has 1 aliphatic carbocycles. The number of thiophene rings is 1. The minimum absolute atomic E-state index is 0.132. The lowest BCUT2D eigenvalue weighted by Gasteiger charge is -2.07. The summed E-state index contributed by atoms with van der Waals surface area (Å²) >= 11 is 1.75. The Bertz CT molecular complexity index is 574. The Hall–Kier alpha value is -1.69. The Morgan fingerprint density at radius 2 is 2.38 bits per heavy atom. The van der Waals surface area contributed by atoms with Crippen molar-refractivity contribution in [1.82, 2.24) is 20.1 Å². The number of amides is 1. The summed E-state index contributed by atoms with van der Waals surface area (Å²) in [7, 11) is 0. The first-order chi connectivity index (χ1) is 10.3. The van der Waals surface area contributed by atoms with Crippen LogP contribution in [0.5, 0.6) is 0 Å². The van der Waals surface area contributed by atoms with E-state index < -0.39 is 0 Å². The number of hydrogen-bond acceptors (Lipinski definition) is 4. The van der Waals surface area contributed by atoms with Crippen LogP contribution in [0.4, 0.5) is 0 Å². The van der Waals surface area contributed by atoms with E-state index in [-0.39, 0.29) is 5.91 Å². The highest BCUT2D eigenvalue weighted by molar-refractivity contribution is 7.09. The predicted molar refractivity (Wildman–Crippen MR) is 82.3 cm³/mol. The molecule has 1 amide bonds. The van der Waals surface area contributed by atoms with E-state index >= 15 is 0 Å². The SMILES string of the molecule is O=C(CCCc1cccs1)NCCn1cnnc1C1CC1. The van der Waals surface area contributed by atoms with Crippen molar-refractivity contribution in [2.75, 3.05) is 6.54 Å². The zero-order chi connectivity index (χ0) is 14.5. The Balaban J connectivity index is 1.33. The molecule has 0 spiro atoms. The number of aryl methyl sites for hydroxylation is 1. The smallest absolute Gasteiger partial charge is 0.220 e. The standard InChI is InChI=1S/C15H20N4OS/c20-14(5-1-3-13-4-2-10-21-13)16-8-9-19-11-17-18-15(19)12-6-7-12/h2,4,10-12H,1,3,5-9H2,(H,16,20). The molecule has 5 nitrogen and oxygen atoms in total. The zero-order valence-electron chi connectivity index (χ0n) is 12.0. The second-order valence-corrected chi connectivity index (χ2v) is 6.47. The molecule has 0 unspecified atom stereocenters. The Kier molecular flexibility index (Phi) is 4.65. The molecular formula is C15H20N4OS. The van der Waals surface area contributed by atoms with E-state index in [4.69, 9.17) is 0 Å². The van der Waals surface area contributed by atoms with Gasteiger partial charge in [0, 0.05) is 30.3 Å². The van der Waals surface area contributed by atoms with Gasteiger partial charge in [-0.25, -0.2) is 0 Å². The van der Waals surface area contributed by atoms with Crippen LogP contribution in [0.15, 0.2) is 23.8 Å². The summed E-state index contributed by atoms with van der Waals surface area (Å²) < 4.78 is 2.06. The van der Waals surface area contributed by atoms with E-state index in [0.29, 0.717) is 18.9 Å². The molecule has 2 heterocycles. The molecule has 2 aromatic rings. The largest absolute Gasteiger partial charge is 0.354 e. The molecule has 2 aromatic heterocycles. The fourth-order valence-corrected chi connectivity index (χ4v) is 3.13. The fraction of sp³-hybridized carbons (Fsp3) is 0.533. The minimum Gasteiger partial charge on any atom is -0.354 e. The number of rotatable bonds is 8. The number of nitrogens with zero attached hydrogens (tertiary/aromatic N) is 3. The van der Waals surface area contributed by atoms with Gasteiger partial charge in [0.1, 0.15) is 12.2 Å². The van der Waals surface area contributed by atoms with Crippen molar-refractivity contribution in [2.24, 2.45) is 0 Å². The molecule has 1 saturated carbocycles.